The molecule has 0 aliphatic carbocycles. The number of hydrogen-bond acceptors (Lipinski definition) is 2. The molecule has 0 unspecified atom stereocenters. The second-order valence-electron chi connectivity index (χ2n) is 5.44. The molecule has 7 heteroatoms. The highest BCUT2D eigenvalue weighted by Gasteiger charge is 2.14. The van der Waals surface area contributed by atoms with E-state index in [0.29, 0.717) is 6.07 Å². The number of carbonyl (C=O) groups is 2. The molecular weight excluding hydrogens is 394 g/mol. The van der Waals surface area contributed by atoms with Crippen molar-refractivity contribution in [1.82, 2.24) is 10.6 Å². The van der Waals surface area contributed by atoms with Crippen LogP contribution < -0.4 is 10.6 Å². The van der Waals surface area contributed by atoms with E-state index in [9.17, 15) is 18.4 Å². The number of halogens is 3. The van der Waals surface area contributed by atoms with Crippen LogP contribution in [-0.2, 0) is 4.79 Å². The normalized spacial score (nSPS) is 11.7. The highest BCUT2D eigenvalue weighted by atomic mass is 79.9. The average molecular weight is 411 g/mol. The Hall–Kier alpha value is -2.28. The highest BCUT2D eigenvalue weighted by molar-refractivity contribution is 9.10. The molecule has 0 saturated carbocycles. The molecule has 25 heavy (non-hydrogen) atoms. The summed E-state index contributed by atoms with van der Waals surface area (Å²) in [5.41, 5.74) is 0.677. The summed E-state index contributed by atoms with van der Waals surface area (Å²) in [5.74, 6) is -2.63. The SMILES string of the molecule is C[C@@H](NC(=O)CCNC(=O)c1ccc(F)cc1F)c1ccccc1Br. The van der Waals surface area contributed by atoms with E-state index in [1.165, 1.54) is 0 Å². The number of hydrogen-bond donors (Lipinski definition) is 2. The molecule has 0 spiro atoms. The lowest BCUT2D eigenvalue weighted by atomic mass is 10.1. The van der Waals surface area contributed by atoms with Crippen LogP contribution in [0, 0.1) is 11.6 Å². The summed E-state index contributed by atoms with van der Waals surface area (Å²) in [5, 5.41) is 5.27. The smallest absolute Gasteiger partial charge is 0.254 e. The van der Waals surface area contributed by atoms with Gasteiger partial charge in [-0.15, -0.1) is 0 Å². The summed E-state index contributed by atoms with van der Waals surface area (Å²) in [6.45, 7) is 1.90. The Balaban J connectivity index is 1.82. The number of carbonyl (C=O) groups excluding carboxylic acids is 2. The minimum atomic E-state index is -0.940. The number of rotatable bonds is 6. The molecule has 2 rings (SSSR count). The summed E-state index contributed by atoms with van der Waals surface area (Å²) in [6, 6.07) is 10.0. The van der Waals surface area contributed by atoms with E-state index in [-0.39, 0.29) is 30.5 Å². The van der Waals surface area contributed by atoms with Crippen molar-refractivity contribution in [2.75, 3.05) is 6.54 Å². The van der Waals surface area contributed by atoms with Gasteiger partial charge in [-0.05, 0) is 30.7 Å². The maximum Gasteiger partial charge on any atom is 0.254 e. The molecule has 0 aromatic heterocycles. The quantitative estimate of drug-likeness (QED) is 0.762. The van der Waals surface area contributed by atoms with Gasteiger partial charge in [0.05, 0.1) is 11.6 Å². The number of amides is 2. The van der Waals surface area contributed by atoms with Crippen molar-refractivity contribution in [3.8, 4) is 0 Å². The largest absolute Gasteiger partial charge is 0.351 e. The molecular formula is C18H17BrF2N2O2. The molecule has 132 valence electrons. The molecule has 2 aromatic carbocycles. The molecule has 0 bridgehead atoms. The first kappa shape index (κ1) is 19.1. The molecule has 0 radical (unpaired) electrons. The van der Waals surface area contributed by atoms with Crippen LogP contribution in [0.4, 0.5) is 8.78 Å². The fourth-order valence-electron chi connectivity index (χ4n) is 2.28. The Morgan fingerprint density at radius 1 is 1.16 bits per heavy atom. The molecule has 4 nitrogen and oxygen atoms in total. The van der Waals surface area contributed by atoms with Crippen LogP contribution in [0.1, 0.15) is 35.3 Å². The first-order chi connectivity index (χ1) is 11.9. The van der Waals surface area contributed by atoms with Gasteiger partial charge in [0.25, 0.3) is 5.91 Å². The molecule has 0 heterocycles. The van der Waals surface area contributed by atoms with Gasteiger partial charge >= 0.3 is 0 Å². The third-order valence-corrected chi connectivity index (χ3v) is 4.28. The summed E-state index contributed by atoms with van der Waals surface area (Å²) in [4.78, 5) is 23.8. The van der Waals surface area contributed by atoms with Crippen molar-refractivity contribution in [1.29, 1.82) is 0 Å². The van der Waals surface area contributed by atoms with Gasteiger partial charge < -0.3 is 10.6 Å². The van der Waals surface area contributed by atoms with E-state index in [4.69, 9.17) is 0 Å². The maximum atomic E-state index is 13.5. The molecule has 0 saturated heterocycles. The van der Waals surface area contributed by atoms with Gasteiger partial charge in [-0.25, -0.2) is 8.78 Å². The van der Waals surface area contributed by atoms with E-state index < -0.39 is 17.5 Å². The van der Waals surface area contributed by atoms with Crippen molar-refractivity contribution in [3.63, 3.8) is 0 Å². The molecule has 2 N–H and O–H groups in total. The van der Waals surface area contributed by atoms with Gasteiger partial charge in [-0.2, -0.15) is 0 Å². The van der Waals surface area contributed by atoms with Crippen molar-refractivity contribution in [2.45, 2.75) is 19.4 Å². The molecule has 2 aromatic rings. The Morgan fingerprint density at radius 2 is 1.88 bits per heavy atom. The van der Waals surface area contributed by atoms with Gasteiger partial charge in [0, 0.05) is 23.5 Å². The zero-order chi connectivity index (χ0) is 18.4. The molecule has 0 aliphatic heterocycles. The highest BCUT2D eigenvalue weighted by Crippen LogP contribution is 2.22. The maximum absolute atomic E-state index is 13.5. The summed E-state index contributed by atoms with van der Waals surface area (Å²) < 4.78 is 27.2. The second-order valence-corrected chi connectivity index (χ2v) is 6.30. The van der Waals surface area contributed by atoms with Gasteiger partial charge in [0.15, 0.2) is 0 Å². The molecule has 0 fully saturated rings. The van der Waals surface area contributed by atoms with Crippen LogP contribution in [0.3, 0.4) is 0 Å². The van der Waals surface area contributed by atoms with Crippen molar-refractivity contribution in [3.05, 3.63) is 69.7 Å². The standard InChI is InChI=1S/C18H17BrF2N2O2/c1-11(13-4-2-3-5-15(13)19)23-17(24)8-9-22-18(25)14-7-6-12(20)10-16(14)21/h2-7,10-11H,8-9H2,1H3,(H,22,25)(H,23,24)/t11-/m1/s1. The third-order valence-electron chi connectivity index (χ3n) is 3.56. The van der Waals surface area contributed by atoms with Gasteiger partial charge in [-0.1, -0.05) is 34.1 Å². The van der Waals surface area contributed by atoms with Crippen molar-refractivity contribution < 1.29 is 18.4 Å². The fourth-order valence-corrected chi connectivity index (χ4v) is 2.90. The van der Waals surface area contributed by atoms with Gasteiger partial charge in [-0.3, -0.25) is 9.59 Å². The van der Waals surface area contributed by atoms with Crippen molar-refractivity contribution >= 4 is 27.7 Å². The van der Waals surface area contributed by atoms with Crippen LogP contribution in [0.5, 0.6) is 0 Å². The number of benzene rings is 2. The van der Waals surface area contributed by atoms with Gasteiger partial charge in [0.1, 0.15) is 11.6 Å². The van der Waals surface area contributed by atoms with E-state index >= 15 is 0 Å². The summed E-state index contributed by atoms with van der Waals surface area (Å²) in [7, 11) is 0. The van der Waals surface area contributed by atoms with Crippen LogP contribution >= 0.6 is 15.9 Å². The summed E-state index contributed by atoms with van der Waals surface area (Å²) in [6.07, 6.45) is 0.0450. The Morgan fingerprint density at radius 3 is 2.56 bits per heavy atom. The van der Waals surface area contributed by atoms with Crippen LogP contribution in [0.15, 0.2) is 46.9 Å². The zero-order valence-corrected chi connectivity index (χ0v) is 15.1. The Labute approximate surface area is 152 Å². The minimum Gasteiger partial charge on any atom is -0.351 e. The van der Waals surface area contributed by atoms with E-state index in [0.717, 1.165) is 22.2 Å². The van der Waals surface area contributed by atoms with Crippen LogP contribution in [0.2, 0.25) is 0 Å². The van der Waals surface area contributed by atoms with E-state index in [1.807, 2.05) is 31.2 Å². The first-order valence-electron chi connectivity index (χ1n) is 7.65. The van der Waals surface area contributed by atoms with E-state index in [2.05, 4.69) is 26.6 Å². The average Bonchev–Trinajstić information content (AvgIpc) is 2.54. The Bertz CT molecular complexity index is 783. The minimum absolute atomic E-state index is 0.0450. The third kappa shape index (κ3) is 5.35. The zero-order valence-electron chi connectivity index (χ0n) is 13.5. The topological polar surface area (TPSA) is 58.2 Å². The predicted molar refractivity (Wildman–Crippen MR) is 94.0 cm³/mol. The number of nitrogens with one attached hydrogen (secondary N) is 2. The summed E-state index contributed by atoms with van der Waals surface area (Å²) >= 11 is 3.43. The lowest BCUT2D eigenvalue weighted by Crippen LogP contribution is -2.32. The lowest BCUT2D eigenvalue weighted by Gasteiger charge is -2.16. The van der Waals surface area contributed by atoms with Crippen molar-refractivity contribution in [2.24, 2.45) is 0 Å². The lowest BCUT2D eigenvalue weighted by molar-refractivity contribution is -0.121. The second kappa shape index (κ2) is 8.71. The van der Waals surface area contributed by atoms with Crippen LogP contribution in [0.25, 0.3) is 0 Å². The first-order valence-corrected chi connectivity index (χ1v) is 8.45. The van der Waals surface area contributed by atoms with Crippen LogP contribution in [-0.4, -0.2) is 18.4 Å². The Kier molecular flexibility index (Phi) is 6.64. The molecule has 1 atom stereocenters. The van der Waals surface area contributed by atoms with Gasteiger partial charge in [0.2, 0.25) is 5.91 Å². The molecule has 2 amide bonds. The predicted octanol–water partition coefficient (Wildman–Crippen LogP) is 3.72. The fraction of sp³-hybridized carbons (Fsp3) is 0.222. The molecule has 0 aliphatic rings. The monoisotopic (exact) mass is 410 g/mol. The van der Waals surface area contributed by atoms with E-state index in [1.54, 1.807) is 0 Å².